The molecule has 0 amide bonds. The van der Waals surface area contributed by atoms with Gasteiger partial charge in [-0.3, -0.25) is 0 Å². The summed E-state index contributed by atoms with van der Waals surface area (Å²) in [6.45, 7) is 0. The van der Waals surface area contributed by atoms with Crippen LogP contribution in [0.3, 0.4) is 0 Å². The van der Waals surface area contributed by atoms with E-state index in [-0.39, 0.29) is 90.1 Å². The average molecular weight is 485 g/mol. The minimum absolute atomic E-state index is 0. The smallest absolute Gasteiger partial charge is 0 e. The molecule has 0 nitrogen and oxygen atoms in total. The molecule has 27 valence electrons. The first kappa shape index (κ1) is 28.1. The van der Waals surface area contributed by atoms with Gasteiger partial charge in [0, 0.05) is 90.1 Å². The predicted octanol–water partition coefficient (Wildman–Crippen LogP) is -0.388. The van der Waals surface area contributed by atoms with Gasteiger partial charge in [-0.1, -0.05) is 0 Å². The van der Waals surface area contributed by atoms with E-state index in [1.807, 2.05) is 0 Å². The second kappa shape index (κ2) is 16.7. The van der Waals surface area contributed by atoms with Gasteiger partial charge in [0.05, 0.1) is 0 Å². The van der Waals surface area contributed by atoms with Crippen molar-refractivity contribution < 1.29 is 64.2 Å². The number of rotatable bonds is 0. The first-order chi connectivity index (χ1) is 0. The molecule has 5 radical (unpaired) electrons. The van der Waals surface area contributed by atoms with Crippen LogP contribution in [0.25, 0.3) is 0 Å². The van der Waals surface area contributed by atoms with Crippen molar-refractivity contribution in [2.75, 3.05) is 0 Å². The summed E-state index contributed by atoms with van der Waals surface area (Å²) < 4.78 is 0. The van der Waals surface area contributed by atoms with E-state index < -0.39 is 0 Å². The van der Waals surface area contributed by atoms with Crippen LogP contribution in [-0.4, -0.2) is 25.8 Å². The van der Waals surface area contributed by atoms with E-state index in [1.165, 1.54) is 0 Å². The van der Waals surface area contributed by atoms with E-state index in [0.717, 1.165) is 0 Å². The summed E-state index contributed by atoms with van der Waals surface area (Å²) in [5.74, 6) is 0. The molecular weight excluding hydrogens is 485 g/mol. The van der Waals surface area contributed by atoms with Gasteiger partial charge in [-0.15, -0.1) is 0 Å². The van der Waals surface area contributed by atoms with Gasteiger partial charge in [0.25, 0.3) is 0 Å². The van der Waals surface area contributed by atoms with Crippen LogP contribution < -0.4 is 0 Å². The van der Waals surface area contributed by atoms with Crippen molar-refractivity contribution >= 4 is 25.8 Å². The minimum Gasteiger partial charge on any atom is 0 e. The predicted molar refractivity (Wildman–Crippen MR) is 5.75 cm³/mol. The molecule has 0 saturated heterocycles. The second-order valence-corrected chi connectivity index (χ2v) is 0. The molecule has 0 spiro atoms. The summed E-state index contributed by atoms with van der Waals surface area (Å²) in [7, 11) is 0. The summed E-state index contributed by atoms with van der Waals surface area (Å²) >= 11 is 0. The van der Waals surface area contributed by atoms with E-state index in [4.69, 9.17) is 0 Å². The first-order valence-corrected chi connectivity index (χ1v) is 0. The first-order valence-electron chi connectivity index (χ1n) is 0. The summed E-state index contributed by atoms with van der Waals surface area (Å²) in [5, 5.41) is 0. The van der Waals surface area contributed by atoms with Crippen molar-refractivity contribution in [2.24, 2.45) is 0 Å². The molecule has 0 aliphatic heterocycles. The molecule has 0 atom stereocenters. The molecule has 0 aliphatic rings. The van der Waals surface area contributed by atoms with Crippen LogP contribution in [0.4, 0.5) is 0 Å². The standard InChI is InChI=1S/Ag.Au.In.Zn. The Hall–Kier alpha value is 2.97. The number of hydrogen-bond donors (Lipinski definition) is 0. The van der Waals surface area contributed by atoms with Crippen LogP contribution in [-0.2, 0) is 64.2 Å². The second-order valence-electron chi connectivity index (χ2n) is 0. The van der Waals surface area contributed by atoms with Crippen LogP contribution in [0, 0.1) is 0 Å². The molecule has 0 aromatic heterocycles. The molecule has 0 N–H and O–H groups in total. The van der Waals surface area contributed by atoms with Gasteiger partial charge in [-0.2, -0.15) is 0 Å². The molecule has 0 saturated carbocycles. The average Bonchev–Trinajstić information content (AvgIpc) is 0. The molecule has 0 aromatic rings. The molecule has 0 aromatic carbocycles. The van der Waals surface area contributed by atoms with Gasteiger partial charge in [0.1, 0.15) is 0 Å². The zero-order valence-electron chi connectivity index (χ0n) is 1.89. The zero-order valence-corrected chi connectivity index (χ0v) is 11.8. The fourth-order valence-electron chi connectivity index (χ4n) is 0. The topological polar surface area (TPSA) is 0 Å². The Morgan fingerprint density at radius 3 is 1.00 bits per heavy atom. The third-order valence-corrected chi connectivity index (χ3v) is 0. The summed E-state index contributed by atoms with van der Waals surface area (Å²) in [5.41, 5.74) is 0. The monoisotopic (exact) mass is 483 g/mol. The Balaban J connectivity index is 0. The maximum absolute atomic E-state index is 0. The Labute approximate surface area is 88.4 Å². The van der Waals surface area contributed by atoms with Crippen LogP contribution in [0.1, 0.15) is 0 Å². The molecule has 0 rings (SSSR count). The Morgan fingerprint density at radius 1 is 1.00 bits per heavy atom. The molecular formula is AgAuInZn. The minimum atomic E-state index is 0. The van der Waals surface area contributed by atoms with E-state index in [2.05, 4.69) is 0 Å². The summed E-state index contributed by atoms with van der Waals surface area (Å²) in [4.78, 5) is 0. The van der Waals surface area contributed by atoms with Crippen LogP contribution >= 0.6 is 0 Å². The normalized spacial score (nSPS) is 0. The molecule has 0 heterocycles. The van der Waals surface area contributed by atoms with Crippen molar-refractivity contribution in [2.45, 2.75) is 0 Å². The molecule has 0 fully saturated rings. The van der Waals surface area contributed by atoms with Crippen molar-refractivity contribution in [3.05, 3.63) is 0 Å². The quantitative estimate of drug-likeness (QED) is 0.411. The fourth-order valence-corrected chi connectivity index (χ4v) is 0. The van der Waals surface area contributed by atoms with Gasteiger partial charge in [-0.25, -0.2) is 0 Å². The third-order valence-electron chi connectivity index (χ3n) is 0. The SMILES string of the molecule is [Ag].[Au].[In].[Zn]. The van der Waals surface area contributed by atoms with Crippen molar-refractivity contribution in [1.29, 1.82) is 0 Å². The summed E-state index contributed by atoms with van der Waals surface area (Å²) in [6.07, 6.45) is 0. The van der Waals surface area contributed by atoms with Gasteiger partial charge in [0.15, 0.2) is 0 Å². The van der Waals surface area contributed by atoms with E-state index >= 15 is 0 Å². The zero-order chi connectivity index (χ0) is 0. The maximum atomic E-state index is 0. The Bertz CT molecular complexity index is 8.00. The largest absolute Gasteiger partial charge is 0 e. The van der Waals surface area contributed by atoms with Crippen molar-refractivity contribution in [3.63, 3.8) is 0 Å². The summed E-state index contributed by atoms with van der Waals surface area (Å²) in [6, 6.07) is 0. The van der Waals surface area contributed by atoms with Crippen molar-refractivity contribution in [1.82, 2.24) is 0 Å². The van der Waals surface area contributed by atoms with Crippen LogP contribution in [0.5, 0.6) is 0 Å². The van der Waals surface area contributed by atoms with Crippen molar-refractivity contribution in [3.8, 4) is 0 Å². The van der Waals surface area contributed by atoms with E-state index in [1.54, 1.807) is 0 Å². The van der Waals surface area contributed by atoms with Gasteiger partial charge in [-0.05, 0) is 0 Å². The van der Waals surface area contributed by atoms with Gasteiger partial charge in [0.2, 0.25) is 0 Å². The fraction of sp³-hybridized carbons (Fsp3) is 0. The van der Waals surface area contributed by atoms with Crippen LogP contribution in [0.2, 0.25) is 0 Å². The van der Waals surface area contributed by atoms with Gasteiger partial charge < -0.3 is 0 Å². The molecule has 0 aliphatic carbocycles. The maximum Gasteiger partial charge on any atom is 0 e. The van der Waals surface area contributed by atoms with E-state index in [0.29, 0.717) is 0 Å². The van der Waals surface area contributed by atoms with Gasteiger partial charge >= 0.3 is 0 Å². The molecule has 0 unspecified atom stereocenters. The molecule has 0 bridgehead atoms. The van der Waals surface area contributed by atoms with Crippen LogP contribution in [0.15, 0.2) is 0 Å². The van der Waals surface area contributed by atoms with E-state index in [9.17, 15) is 0 Å². The molecule has 4 heavy (non-hydrogen) atoms. The Morgan fingerprint density at radius 2 is 1.00 bits per heavy atom. The third kappa shape index (κ3) is 8.88. The Kier molecular flexibility index (Phi) is 118. The molecule has 4 heteroatoms. The number of hydrogen-bond acceptors (Lipinski definition) is 0.